The molecule has 0 aliphatic carbocycles. The summed E-state index contributed by atoms with van der Waals surface area (Å²) in [5.74, 6) is 0.916. The molecule has 0 spiro atoms. The van der Waals surface area contributed by atoms with E-state index < -0.39 is 0 Å². The fraction of sp³-hybridized carbons (Fsp3) is 1.00. The first-order valence-corrected chi connectivity index (χ1v) is 5.87. The Kier molecular flexibility index (Phi) is 3.96. The van der Waals surface area contributed by atoms with Crippen molar-refractivity contribution < 1.29 is 0 Å². The molecule has 0 aromatic carbocycles. The van der Waals surface area contributed by atoms with E-state index in [4.69, 9.17) is 0 Å². The van der Waals surface area contributed by atoms with Crippen LogP contribution < -0.4 is 5.32 Å². The number of likely N-dealkylation sites (N-methyl/N-ethyl adjacent to an activating group) is 1. The molecule has 0 bridgehead atoms. The molecule has 0 amide bonds. The average molecular weight is 198 g/mol. The summed E-state index contributed by atoms with van der Waals surface area (Å²) in [4.78, 5) is 2.62. The largest absolute Gasteiger partial charge is 0.314 e. The third-order valence-corrected chi connectivity index (χ3v) is 3.55. The Morgan fingerprint density at radius 1 is 1.36 bits per heavy atom. The molecule has 1 aliphatic heterocycles. The van der Waals surface area contributed by atoms with Gasteiger partial charge in [0.05, 0.1) is 0 Å². The van der Waals surface area contributed by atoms with Gasteiger partial charge in [-0.3, -0.25) is 4.90 Å². The summed E-state index contributed by atoms with van der Waals surface area (Å²) in [6.45, 7) is 11.7. The van der Waals surface area contributed by atoms with E-state index in [9.17, 15) is 0 Å². The van der Waals surface area contributed by atoms with E-state index in [1.807, 2.05) is 0 Å². The van der Waals surface area contributed by atoms with Crippen LogP contribution in [-0.4, -0.2) is 36.6 Å². The highest BCUT2D eigenvalue weighted by atomic mass is 15.2. The Bertz CT molecular complexity index is 177. The van der Waals surface area contributed by atoms with Crippen molar-refractivity contribution in [2.75, 3.05) is 20.1 Å². The Labute approximate surface area is 89.1 Å². The Morgan fingerprint density at radius 3 is 2.50 bits per heavy atom. The number of nitrogens with one attached hydrogen (secondary N) is 1. The summed E-state index contributed by atoms with van der Waals surface area (Å²) >= 11 is 0. The molecule has 0 radical (unpaired) electrons. The number of piperidine rings is 1. The second-order valence-corrected chi connectivity index (χ2v) is 5.58. The van der Waals surface area contributed by atoms with E-state index >= 15 is 0 Å². The molecule has 1 fully saturated rings. The number of rotatable bonds is 3. The van der Waals surface area contributed by atoms with Gasteiger partial charge in [0.1, 0.15) is 0 Å². The predicted molar refractivity (Wildman–Crippen MR) is 62.6 cm³/mol. The minimum Gasteiger partial charge on any atom is -0.314 e. The molecule has 2 atom stereocenters. The van der Waals surface area contributed by atoms with Crippen molar-refractivity contribution in [3.05, 3.63) is 0 Å². The van der Waals surface area contributed by atoms with Gasteiger partial charge in [0.25, 0.3) is 0 Å². The summed E-state index contributed by atoms with van der Waals surface area (Å²) in [6.07, 6.45) is 2.73. The Balaban J connectivity index is 2.45. The zero-order valence-corrected chi connectivity index (χ0v) is 10.4. The molecule has 1 rings (SSSR count). The van der Waals surface area contributed by atoms with Crippen LogP contribution in [0, 0.1) is 5.92 Å². The molecule has 1 heterocycles. The van der Waals surface area contributed by atoms with Crippen molar-refractivity contribution in [1.29, 1.82) is 0 Å². The summed E-state index contributed by atoms with van der Waals surface area (Å²) in [5, 5.41) is 3.38. The normalized spacial score (nSPS) is 30.6. The van der Waals surface area contributed by atoms with Crippen molar-refractivity contribution in [1.82, 2.24) is 10.2 Å². The molecule has 2 unspecified atom stereocenters. The van der Waals surface area contributed by atoms with Gasteiger partial charge in [0, 0.05) is 18.1 Å². The molecule has 0 aromatic rings. The zero-order chi connectivity index (χ0) is 10.8. The van der Waals surface area contributed by atoms with Gasteiger partial charge in [-0.2, -0.15) is 0 Å². The Morgan fingerprint density at radius 2 is 2.00 bits per heavy atom. The van der Waals surface area contributed by atoms with E-state index in [1.54, 1.807) is 0 Å². The molecule has 0 saturated carbocycles. The third kappa shape index (κ3) is 3.25. The summed E-state index contributed by atoms with van der Waals surface area (Å²) < 4.78 is 0. The highest BCUT2D eigenvalue weighted by Crippen LogP contribution is 2.23. The van der Waals surface area contributed by atoms with Gasteiger partial charge < -0.3 is 5.32 Å². The fourth-order valence-corrected chi connectivity index (χ4v) is 2.28. The van der Waals surface area contributed by atoms with Crippen molar-refractivity contribution in [3.63, 3.8) is 0 Å². The van der Waals surface area contributed by atoms with Crippen LogP contribution in [0.1, 0.15) is 40.5 Å². The second kappa shape index (κ2) is 4.63. The van der Waals surface area contributed by atoms with Gasteiger partial charge in [0.15, 0.2) is 0 Å². The number of nitrogens with zero attached hydrogens (tertiary/aromatic N) is 1. The summed E-state index contributed by atoms with van der Waals surface area (Å²) in [5.41, 5.74) is 0.245. The van der Waals surface area contributed by atoms with Crippen LogP contribution in [0.5, 0.6) is 0 Å². The maximum atomic E-state index is 3.38. The van der Waals surface area contributed by atoms with E-state index in [1.165, 1.54) is 19.4 Å². The first-order chi connectivity index (χ1) is 6.44. The minimum atomic E-state index is 0.245. The molecule has 0 aromatic heterocycles. The van der Waals surface area contributed by atoms with Crippen molar-refractivity contribution in [3.8, 4) is 0 Å². The van der Waals surface area contributed by atoms with Crippen LogP contribution >= 0.6 is 0 Å². The monoisotopic (exact) mass is 198 g/mol. The lowest BCUT2D eigenvalue weighted by Crippen LogP contribution is -2.52. The molecule has 1 aliphatic rings. The molecular weight excluding hydrogens is 172 g/mol. The van der Waals surface area contributed by atoms with Crippen molar-refractivity contribution in [2.45, 2.75) is 52.1 Å². The molecule has 1 N–H and O–H groups in total. The van der Waals surface area contributed by atoms with E-state index in [2.05, 4.69) is 45.0 Å². The van der Waals surface area contributed by atoms with E-state index in [-0.39, 0.29) is 5.54 Å². The molecule has 2 nitrogen and oxygen atoms in total. The fourth-order valence-electron chi connectivity index (χ4n) is 2.28. The summed E-state index contributed by atoms with van der Waals surface area (Å²) in [7, 11) is 2.05. The highest BCUT2D eigenvalue weighted by molar-refractivity contribution is 4.85. The number of likely N-dealkylation sites (tertiary alicyclic amines) is 1. The lowest BCUT2D eigenvalue weighted by Gasteiger charge is -2.41. The average Bonchev–Trinajstić information content (AvgIpc) is 2.10. The van der Waals surface area contributed by atoms with Crippen LogP contribution in [-0.2, 0) is 0 Å². The van der Waals surface area contributed by atoms with Gasteiger partial charge in [-0.1, -0.05) is 6.92 Å². The van der Waals surface area contributed by atoms with Crippen molar-refractivity contribution in [2.24, 2.45) is 5.92 Å². The van der Waals surface area contributed by atoms with E-state index in [0.29, 0.717) is 0 Å². The molecular formula is C12H26N2. The predicted octanol–water partition coefficient (Wildman–Crippen LogP) is 2.10. The maximum Gasteiger partial charge on any atom is 0.0249 e. The van der Waals surface area contributed by atoms with E-state index in [0.717, 1.165) is 18.5 Å². The topological polar surface area (TPSA) is 15.3 Å². The lowest BCUT2D eigenvalue weighted by molar-refractivity contribution is 0.100. The third-order valence-electron chi connectivity index (χ3n) is 3.55. The van der Waals surface area contributed by atoms with Gasteiger partial charge in [-0.05, 0) is 53.1 Å². The van der Waals surface area contributed by atoms with Crippen LogP contribution in [0.15, 0.2) is 0 Å². The Hall–Kier alpha value is -0.0800. The highest BCUT2D eigenvalue weighted by Gasteiger charge is 2.27. The minimum absolute atomic E-state index is 0.245. The maximum absolute atomic E-state index is 3.38. The molecule has 84 valence electrons. The van der Waals surface area contributed by atoms with Gasteiger partial charge in [-0.25, -0.2) is 0 Å². The number of hydrogen-bond donors (Lipinski definition) is 1. The smallest absolute Gasteiger partial charge is 0.0249 e. The van der Waals surface area contributed by atoms with Gasteiger partial charge in [-0.15, -0.1) is 0 Å². The molecule has 2 heteroatoms. The summed E-state index contributed by atoms with van der Waals surface area (Å²) in [6, 6.07) is 0.756. The van der Waals surface area contributed by atoms with Crippen LogP contribution in [0.4, 0.5) is 0 Å². The first kappa shape index (κ1) is 12.0. The SMILES string of the molecule is CNC(C)(C)CN1CCC(C)CC1C. The standard InChI is InChI=1S/C12H26N2/c1-10-6-7-14(11(2)8-10)9-12(3,4)13-5/h10-11,13H,6-9H2,1-5H3. The van der Waals surface area contributed by atoms with Crippen LogP contribution in [0.25, 0.3) is 0 Å². The molecule has 1 saturated heterocycles. The zero-order valence-electron chi connectivity index (χ0n) is 10.4. The quantitative estimate of drug-likeness (QED) is 0.747. The molecule has 14 heavy (non-hydrogen) atoms. The number of hydrogen-bond acceptors (Lipinski definition) is 2. The van der Waals surface area contributed by atoms with Crippen LogP contribution in [0.2, 0.25) is 0 Å². The first-order valence-electron chi connectivity index (χ1n) is 5.87. The lowest BCUT2D eigenvalue weighted by atomic mass is 9.91. The van der Waals surface area contributed by atoms with Gasteiger partial charge in [0.2, 0.25) is 0 Å². The second-order valence-electron chi connectivity index (χ2n) is 5.58. The van der Waals surface area contributed by atoms with Crippen molar-refractivity contribution >= 4 is 0 Å². The van der Waals surface area contributed by atoms with Gasteiger partial charge >= 0.3 is 0 Å². The van der Waals surface area contributed by atoms with Crippen LogP contribution in [0.3, 0.4) is 0 Å².